The zero-order valence-electron chi connectivity index (χ0n) is 14.5. The van der Waals surface area contributed by atoms with Crippen molar-refractivity contribution in [3.63, 3.8) is 0 Å². The van der Waals surface area contributed by atoms with Gasteiger partial charge in [0, 0.05) is 6.20 Å². The number of rotatable bonds is 8. The fourth-order valence-electron chi connectivity index (χ4n) is 2.82. The van der Waals surface area contributed by atoms with Gasteiger partial charge in [-0.3, -0.25) is 9.09 Å². The van der Waals surface area contributed by atoms with Crippen LogP contribution in [0.15, 0.2) is 17.1 Å². The lowest BCUT2D eigenvalue weighted by Gasteiger charge is -2.30. The van der Waals surface area contributed by atoms with Gasteiger partial charge in [-0.25, -0.2) is 22.9 Å². The summed E-state index contributed by atoms with van der Waals surface area (Å²) in [6, 6.07) is 1.24. The Bertz CT molecular complexity index is 1030. The quantitative estimate of drug-likeness (QED) is 0.276. The van der Waals surface area contributed by atoms with E-state index in [1.54, 1.807) is 0 Å². The third-order valence-electron chi connectivity index (χ3n) is 3.96. The third kappa shape index (κ3) is 5.05. The molecule has 2 unspecified atom stereocenters. The Kier molecular flexibility index (Phi) is 6.15. The molecule has 3 heterocycles. The molecule has 0 amide bonds. The monoisotopic (exact) mass is 497 g/mol. The molecule has 0 aromatic carbocycles. The third-order valence-corrected chi connectivity index (χ3v) is 7.74. The summed E-state index contributed by atoms with van der Waals surface area (Å²) in [7, 11) is -16.8. The molecule has 1 aromatic heterocycles. The second-order valence-corrected chi connectivity index (χ2v) is 10.6. The van der Waals surface area contributed by atoms with E-state index in [0.717, 1.165) is 4.57 Å². The van der Waals surface area contributed by atoms with Crippen LogP contribution in [0.5, 0.6) is 0 Å². The molecule has 20 heteroatoms. The van der Waals surface area contributed by atoms with E-state index in [4.69, 9.17) is 29.9 Å². The second kappa shape index (κ2) is 7.81. The van der Waals surface area contributed by atoms with Gasteiger partial charge >= 0.3 is 29.2 Å². The Balaban J connectivity index is 1.72. The molecule has 2 saturated heterocycles. The minimum Gasteiger partial charge on any atom is -0.383 e. The topological polar surface area (TPSA) is 239 Å². The molecular weight excluding hydrogens is 482 g/mol. The van der Waals surface area contributed by atoms with Crippen molar-refractivity contribution in [2.24, 2.45) is 0 Å². The molecule has 2 bridgehead atoms. The van der Waals surface area contributed by atoms with Crippen LogP contribution >= 0.6 is 23.5 Å². The molecular formula is C10H15FN3O13P3. The van der Waals surface area contributed by atoms with Crippen LogP contribution < -0.4 is 11.4 Å². The molecule has 0 aliphatic carbocycles. The van der Waals surface area contributed by atoms with Crippen LogP contribution in [-0.4, -0.2) is 60.2 Å². The number of nitrogens with zero attached hydrogens (tertiary/aromatic N) is 2. The number of ether oxygens (including phenoxy) is 2. The Morgan fingerprint density at radius 2 is 1.93 bits per heavy atom. The Morgan fingerprint density at radius 3 is 2.53 bits per heavy atom. The van der Waals surface area contributed by atoms with Gasteiger partial charge in [-0.1, -0.05) is 0 Å². The SMILES string of the molecule is Nc1ccn([C@@H]2O[C@@]3(COP(=O)(O)OP(=O)(O)OP(=O)(O)O)CO[C@@H]2[C@@H]3F)c(=O)n1. The number of hydrogen-bond acceptors (Lipinski definition) is 11. The van der Waals surface area contributed by atoms with E-state index >= 15 is 0 Å². The highest BCUT2D eigenvalue weighted by atomic mass is 31.3. The fraction of sp³-hybridized carbons (Fsp3) is 0.600. The van der Waals surface area contributed by atoms with Gasteiger partial charge in [-0.2, -0.15) is 13.6 Å². The molecule has 30 heavy (non-hydrogen) atoms. The number of aromatic nitrogens is 2. The van der Waals surface area contributed by atoms with Crippen molar-refractivity contribution >= 4 is 29.3 Å². The van der Waals surface area contributed by atoms with Gasteiger partial charge in [0.2, 0.25) is 0 Å². The maximum atomic E-state index is 14.8. The number of hydrogen-bond donors (Lipinski definition) is 5. The zero-order chi connectivity index (χ0) is 22.5. The smallest absolute Gasteiger partial charge is 0.383 e. The highest BCUT2D eigenvalue weighted by Crippen LogP contribution is 2.66. The van der Waals surface area contributed by atoms with Gasteiger partial charge in [-0.05, 0) is 6.07 Å². The maximum absolute atomic E-state index is 14.8. The number of nitrogens with two attached hydrogens (primary N) is 1. The summed E-state index contributed by atoms with van der Waals surface area (Å²) in [5.74, 6) is -0.0977. The van der Waals surface area contributed by atoms with Crippen molar-refractivity contribution in [1.82, 2.24) is 9.55 Å². The zero-order valence-corrected chi connectivity index (χ0v) is 17.1. The highest BCUT2D eigenvalue weighted by molar-refractivity contribution is 7.66. The first-order chi connectivity index (χ1) is 13.6. The van der Waals surface area contributed by atoms with E-state index < -0.39 is 66.5 Å². The van der Waals surface area contributed by atoms with Gasteiger partial charge in [0.15, 0.2) is 18.0 Å². The maximum Gasteiger partial charge on any atom is 0.490 e. The van der Waals surface area contributed by atoms with Crippen LogP contribution in [-0.2, 0) is 36.3 Å². The lowest BCUT2D eigenvalue weighted by Crippen LogP contribution is -2.44. The van der Waals surface area contributed by atoms with Gasteiger partial charge < -0.3 is 34.8 Å². The summed E-state index contributed by atoms with van der Waals surface area (Å²) >= 11 is 0. The number of halogens is 1. The van der Waals surface area contributed by atoms with E-state index in [1.165, 1.54) is 12.3 Å². The van der Waals surface area contributed by atoms with E-state index in [0.29, 0.717) is 0 Å². The molecule has 0 spiro atoms. The first-order valence-electron chi connectivity index (χ1n) is 7.70. The number of phosphoric ester groups is 1. The molecule has 6 N–H and O–H groups in total. The summed E-state index contributed by atoms with van der Waals surface area (Å²) in [6.07, 6.45) is -3.46. The van der Waals surface area contributed by atoms with E-state index in [9.17, 15) is 27.8 Å². The van der Waals surface area contributed by atoms with Crippen molar-refractivity contribution < 1.29 is 60.3 Å². The predicted molar refractivity (Wildman–Crippen MR) is 90.2 cm³/mol. The molecule has 3 rings (SSSR count). The Hall–Kier alpha value is -1.06. The number of phosphoric acid groups is 3. The van der Waals surface area contributed by atoms with Crippen LogP contribution in [0.1, 0.15) is 6.23 Å². The van der Waals surface area contributed by atoms with Crippen molar-refractivity contribution in [3.05, 3.63) is 22.7 Å². The van der Waals surface area contributed by atoms with Crippen molar-refractivity contribution in [2.45, 2.75) is 24.1 Å². The number of alkyl halides is 1. The predicted octanol–water partition coefficient (Wildman–Crippen LogP) is -0.827. The first kappa shape index (κ1) is 23.6. The van der Waals surface area contributed by atoms with Crippen LogP contribution in [0.4, 0.5) is 10.2 Å². The van der Waals surface area contributed by atoms with Gasteiger partial charge in [0.1, 0.15) is 11.9 Å². The number of nitrogen functional groups attached to an aromatic ring is 1. The summed E-state index contributed by atoms with van der Waals surface area (Å²) in [5.41, 5.74) is 2.48. The second-order valence-electron chi connectivity index (χ2n) is 6.16. The van der Waals surface area contributed by atoms with E-state index in [2.05, 4.69) is 18.1 Å². The molecule has 2 aliphatic heterocycles. The lowest BCUT2D eigenvalue weighted by molar-refractivity contribution is -0.184. The van der Waals surface area contributed by atoms with Gasteiger partial charge in [-0.15, -0.1) is 0 Å². The van der Waals surface area contributed by atoms with E-state index in [-0.39, 0.29) is 5.82 Å². The normalized spacial score (nSPS) is 32.6. The number of fused-ring (bicyclic) bond motifs is 2. The molecule has 6 atom stereocenters. The molecule has 0 saturated carbocycles. The van der Waals surface area contributed by atoms with Crippen LogP contribution in [0, 0.1) is 0 Å². The van der Waals surface area contributed by atoms with Crippen LogP contribution in [0.3, 0.4) is 0 Å². The average molecular weight is 497 g/mol. The van der Waals surface area contributed by atoms with Crippen molar-refractivity contribution in [2.75, 3.05) is 18.9 Å². The minimum atomic E-state index is -5.74. The first-order valence-corrected chi connectivity index (χ1v) is 12.2. The molecule has 2 fully saturated rings. The Labute approximate surface area is 165 Å². The largest absolute Gasteiger partial charge is 0.490 e. The van der Waals surface area contributed by atoms with Gasteiger partial charge in [0.05, 0.1) is 13.2 Å². The molecule has 0 radical (unpaired) electrons. The fourth-order valence-corrected chi connectivity index (χ4v) is 5.89. The highest BCUT2D eigenvalue weighted by Gasteiger charge is 2.64. The van der Waals surface area contributed by atoms with E-state index in [1.807, 2.05) is 0 Å². The van der Waals surface area contributed by atoms with Crippen molar-refractivity contribution in [3.8, 4) is 0 Å². The standard InChI is InChI=1S/C10H15FN3O13P3/c11-7-6-8(14-2-1-5(12)13-9(14)15)25-10(7,3-23-6)4-24-29(19,20)27-30(21,22)26-28(16,17)18/h1-2,6-8H,3-4H2,(H,19,20)(H,21,22)(H2,12,13,15)(H2,16,17,18)/t6-,7+,8-,10-/m1/s1. The summed E-state index contributed by atoms with van der Waals surface area (Å²) < 4.78 is 71.7. The Morgan fingerprint density at radius 1 is 1.27 bits per heavy atom. The average Bonchev–Trinajstić information content (AvgIpc) is 3.00. The van der Waals surface area contributed by atoms with Crippen molar-refractivity contribution in [1.29, 1.82) is 0 Å². The number of anilines is 1. The van der Waals surface area contributed by atoms with Crippen LogP contribution in [0.25, 0.3) is 0 Å². The molecule has 1 aromatic rings. The summed E-state index contributed by atoms with van der Waals surface area (Å²) in [6.45, 7) is -1.55. The lowest BCUT2D eigenvalue weighted by atomic mass is 10.0. The molecule has 170 valence electrons. The van der Waals surface area contributed by atoms with Gasteiger partial charge in [0.25, 0.3) is 0 Å². The summed E-state index contributed by atoms with van der Waals surface area (Å²) in [4.78, 5) is 51.0. The van der Waals surface area contributed by atoms with Crippen LogP contribution in [0.2, 0.25) is 0 Å². The minimum absolute atomic E-state index is 0.0977. The summed E-state index contributed by atoms with van der Waals surface area (Å²) in [5, 5.41) is 0. The molecule has 2 aliphatic rings. The molecule has 16 nitrogen and oxygen atoms in total.